The number of carbonyl (C=O) groups excluding carboxylic acids is 1. The second-order valence-electron chi connectivity index (χ2n) is 1.09. The van der Waals surface area contributed by atoms with Crippen LogP contribution in [0.15, 0.2) is 0 Å². The van der Waals surface area contributed by atoms with Crippen LogP contribution < -0.4 is 0 Å². The van der Waals surface area contributed by atoms with Gasteiger partial charge in [-0.15, -0.1) is 0 Å². The number of hydrogen-bond donors (Lipinski definition) is 0. The van der Waals surface area contributed by atoms with Gasteiger partial charge in [0.25, 0.3) is 0 Å². The summed E-state index contributed by atoms with van der Waals surface area (Å²) < 4.78 is 4.32. The first-order valence-electron chi connectivity index (χ1n) is 2.09. The average Bonchev–Trinajstić information content (AvgIpc) is 1.61. The van der Waals surface area contributed by atoms with E-state index in [1.807, 2.05) is 6.92 Å². The summed E-state index contributed by atoms with van der Waals surface area (Å²) in [5.74, 6) is 0. The van der Waals surface area contributed by atoms with E-state index in [1.165, 1.54) is 0 Å². The van der Waals surface area contributed by atoms with Gasteiger partial charge in [-0.05, 0) is 6.42 Å². The van der Waals surface area contributed by atoms with Crippen molar-refractivity contribution in [2.75, 3.05) is 6.61 Å². The van der Waals surface area contributed by atoms with Gasteiger partial charge in [0.15, 0.2) is 0 Å². The van der Waals surface area contributed by atoms with Crippen LogP contribution in [0.5, 0.6) is 0 Å². The largest absolute Gasteiger partial charge is 0.458 e. The van der Waals surface area contributed by atoms with Crippen LogP contribution >= 0.6 is 22.6 Å². The molecule has 0 aliphatic heterocycles. The Kier molecular flexibility index (Phi) is 4.49. The van der Waals surface area contributed by atoms with E-state index in [0.717, 1.165) is 6.42 Å². The minimum atomic E-state index is -0.223. The summed E-state index contributed by atoms with van der Waals surface area (Å²) in [5.41, 5.74) is 0. The highest BCUT2D eigenvalue weighted by atomic mass is 127. The van der Waals surface area contributed by atoms with E-state index < -0.39 is 0 Å². The number of carbonyl (C=O) groups is 1. The molecule has 0 spiro atoms. The van der Waals surface area contributed by atoms with Gasteiger partial charge in [-0.25, -0.2) is 4.79 Å². The third-order valence-corrected chi connectivity index (χ3v) is 0.731. The van der Waals surface area contributed by atoms with Crippen molar-refractivity contribution in [2.45, 2.75) is 13.3 Å². The fraction of sp³-hybridized carbons (Fsp3) is 0.750. The van der Waals surface area contributed by atoms with Crippen LogP contribution in [0.1, 0.15) is 13.3 Å². The Labute approximate surface area is 56.4 Å². The Morgan fingerprint density at radius 3 is 2.57 bits per heavy atom. The van der Waals surface area contributed by atoms with E-state index in [9.17, 15) is 4.79 Å². The van der Waals surface area contributed by atoms with Crippen molar-refractivity contribution in [3.63, 3.8) is 0 Å². The quantitative estimate of drug-likeness (QED) is 0.518. The molecule has 7 heavy (non-hydrogen) atoms. The summed E-state index contributed by atoms with van der Waals surface area (Å²) in [4.78, 5) is 9.97. The lowest BCUT2D eigenvalue weighted by Gasteiger charge is -1.92. The Balaban J connectivity index is 2.82. The van der Waals surface area contributed by atoms with Crippen molar-refractivity contribution >= 4 is 26.6 Å². The van der Waals surface area contributed by atoms with Crippen LogP contribution in [-0.2, 0) is 4.74 Å². The molecule has 0 N–H and O–H groups in total. The first kappa shape index (κ1) is 7.20. The molecule has 42 valence electrons. The zero-order valence-electron chi connectivity index (χ0n) is 4.11. The SMILES string of the molecule is CCCOC(=O)I. The van der Waals surface area contributed by atoms with E-state index in [2.05, 4.69) is 4.74 Å². The summed E-state index contributed by atoms with van der Waals surface area (Å²) in [6.45, 7) is 2.50. The van der Waals surface area contributed by atoms with Gasteiger partial charge in [0, 0.05) is 0 Å². The predicted octanol–water partition coefficient (Wildman–Crippen LogP) is 1.97. The van der Waals surface area contributed by atoms with E-state index >= 15 is 0 Å². The van der Waals surface area contributed by atoms with Crippen LogP contribution in [0, 0.1) is 0 Å². The van der Waals surface area contributed by atoms with Crippen molar-refractivity contribution in [1.29, 1.82) is 0 Å². The van der Waals surface area contributed by atoms with E-state index in [1.54, 1.807) is 22.6 Å². The van der Waals surface area contributed by atoms with Crippen LogP contribution in [0.2, 0.25) is 0 Å². The van der Waals surface area contributed by atoms with Gasteiger partial charge >= 0.3 is 3.98 Å². The average molecular weight is 214 g/mol. The van der Waals surface area contributed by atoms with Gasteiger partial charge in [0.2, 0.25) is 0 Å². The second kappa shape index (κ2) is 4.36. The lowest BCUT2D eigenvalue weighted by molar-refractivity contribution is 0.179. The molecule has 0 amide bonds. The standard InChI is InChI=1S/C4H7IO2/c1-2-3-7-4(5)6/h2-3H2,1H3. The summed E-state index contributed by atoms with van der Waals surface area (Å²) in [5, 5.41) is 0. The van der Waals surface area contributed by atoms with Crippen molar-refractivity contribution in [2.24, 2.45) is 0 Å². The Hall–Kier alpha value is 0.200. The Bertz CT molecular complexity index is 62.7. The topological polar surface area (TPSA) is 26.3 Å². The van der Waals surface area contributed by atoms with Gasteiger partial charge in [-0.2, -0.15) is 0 Å². The van der Waals surface area contributed by atoms with Gasteiger partial charge in [0.1, 0.15) is 0 Å². The molecule has 3 heteroatoms. The maximum absolute atomic E-state index is 9.97. The summed E-state index contributed by atoms with van der Waals surface area (Å²) in [6.07, 6.45) is 0.898. The lowest BCUT2D eigenvalue weighted by Crippen LogP contribution is -1.92. The summed E-state index contributed by atoms with van der Waals surface area (Å²) in [6, 6.07) is 0. The zero-order chi connectivity index (χ0) is 5.70. The van der Waals surface area contributed by atoms with Gasteiger partial charge in [0.05, 0.1) is 29.2 Å². The molecule has 0 aromatic carbocycles. The van der Waals surface area contributed by atoms with Crippen LogP contribution in [0.4, 0.5) is 4.79 Å². The molecule has 0 aromatic rings. The molecule has 0 unspecified atom stereocenters. The first-order valence-corrected chi connectivity index (χ1v) is 3.17. The third-order valence-electron chi connectivity index (χ3n) is 0.420. The van der Waals surface area contributed by atoms with Crippen molar-refractivity contribution in [1.82, 2.24) is 0 Å². The fourth-order valence-electron chi connectivity index (χ4n) is 0.182. The minimum Gasteiger partial charge on any atom is -0.458 e. The summed E-state index contributed by atoms with van der Waals surface area (Å²) >= 11 is 1.60. The first-order chi connectivity index (χ1) is 3.27. The predicted molar refractivity (Wildman–Crippen MR) is 35.7 cm³/mol. The zero-order valence-corrected chi connectivity index (χ0v) is 6.27. The maximum Gasteiger partial charge on any atom is 0.367 e. The molecular formula is C4H7IO2. The molecule has 0 bridgehead atoms. The number of rotatable bonds is 2. The van der Waals surface area contributed by atoms with Crippen LogP contribution in [0.3, 0.4) is 0 Å². The normalized spacial score (nSPS) is 8.29. The van der Waals surface area contributed by atoms with Crippen molar-refractivity contribution in [3.8, 4) is 0 Å². The highest BCUT2D eigenvalue weighted by molar-refractivity contribution is 14.1. The molecule has 2 nitrogen and oxygen atoms in total. The molecule has 0 radical (unpaired) electrons. The lowest BCUT2D eigenvalue weighted by atomic mass is 10.5. The van der Waals surface area contributed by atoms with E-state index in [4.69, 9.17) is 0 Å². The maximum atomic E-state index is 9.97. The Morgan fingerprint density at radius 2 is 2.43 bits per heavy atom. The molecule has 0 saturated heterocycles. The molecule has 0 heterocycles. The van der Waals surface area contributed by atoms with Crippen molar-refractivity contribution < 1.29 is 9.53 Å². The fourth-order valence-corrected chi connectivity index (χ4v) is 0.403. The van der Waals surface area contributed by atoms with Gasteiger partial charge in [-0.3, -0.25) is 0 Å². The van der Waals surface area contributed by atoms with Crippen LogP contribution in [0.25, 0.3) is 0 Å². The highest BCUT2D eigenvalue weighted by Crippen LogP contribution is 1.91. The van der Waals surface area contributed by atoms with E-state index in [-0.39, 0.29) is 3.98 Å². The number of halogens is 1. The second-order valence-corrected chi connectivity index (χ2v) is 1.97. The monoisotopic (exact) mass is 214 g/mol. The van der Waals surface area contributed by atoms with E-state index in [0.29, 0.717) is 6.61 Å². The molecular weight excluding hydrogens is 207 g/mol. The molecule has 0 aliphatic carbocycles. The van der Waals surface area contributed by atoms with Crippen LogP contribution in [-0.4, -0.2) is 10.6 Å². The number of ether oxygens (including phenoxy) is 1. The smallest absolute Gasteiger partial charge is 0.367 e. The molecule has 0 atom stereocenters. The van der Waals surface area contributed by atoms with Gasteiger partial charge < -0.3 is 4.74 Å². The molecule has 0 rings (SSSR count). The Morgan fingerprint density at radius 1 is 1.86 bits per heavy atom. The molecule has 0 fully saturated rings. The molecule has 0 saturated carbocycles. The summed E-state index contributed by atoms with van der Waals surface area (Å²) in [7, 11) is 0. The highest BCUT2D eigenvalue weighted by Gasteiger charge is 1.88. The van der Waals surface area contributed by atoms with Gasteiger partial charge in [-0.1, -0.05) is 6.92 Å². The third kappa shape index (κ3) is 6.20. The number of hydrogen-bond acceptors (Lipinski definition) is 2. The molecule has 0 aliphatic rings. The minimum absolute atomic E-state index is 0.223. The van der Waals surface area contributed by atoms with Crippen molar-refractivity contribution in [3.05, 3.63) is 0 Å². The molecule has 0 aromatic heterocycles.